The van der Waals surface area contributed by atoms with Gasteiger partial charge in [-0.15, -0.1) is 0 Å². The van der Waals surface area contributed by atoms with Crippen LogP contribution >= 0.6 is 0 Å². The Hall–Kier alpha value is -2.47. The molecule has 0 aliphatic rings. The second kappa shape index (κ2) is 7.00. The molecule has 2 rings (SSSR count). The van der Waals surface area contributed by atoms with E-state index in [0.29, 0.717) is 29.4 Å². The van der Waals surface area contributed by atoms with E-state index < -0.39 is 12.0 Å². The van der Waals surface area contributed by atoms with E-state index in [1.807, 2.05) is 0 Å². The van der Waals surface area contributed by atoms with Crippen LogP contribution in [-0.2, 0) is 11.3 Å². The molecule has 0 radical (unpaired) electrons. The number of ether oxygens (including phenoxy) is 2. The van der Waals surface area contributed by atoms with Crippen molar-refractivity contribution in [3.05, 3.63) is 47.9 Å². The number of benzene rings is 1. The van der Waals surface area contributed by atoms with Crippen molar-refractivity contribution in [1.82, 2.24) is 4.90 Å². The number of carbonyl (C=O) groups is 1. The summed E-state index contributed by atoms with van der Waals surface area (Å²) in [5.41, 5.74) is 0.481. The molecule has 1 aromatic carbocycles. The van der Waals surface area contributed by atoms with E-state index in [4.69, 9.17) is 13.9 Å². The number of hydrogen-bond acceptors (Lipinski definition) is 5. The smallest absolute Gasteiger partial charge is 0.325 e. The first-order chi connectivity index (χ1) is 10.6. The molecule has 0 spiro atoms. The highest BCUT2D eigenvalue weighted by atomic mass is 16.5. The molecule has 0 bridgehead atoms. The summed E-state index contributed by atoms with van der Waals surface area (Å²) >= 11 is 0. The number of methoxy groups -OCH3 is 2. The normalized spacial score (nSPS) is 12.2. The van der Waals surface area contributed by atoms with Gasteiger partial charge in [-0.1, -0.05) is 6.07 Å². The Balaban J connectivity index is 2.41. The number of rotatable bonds is 7. The first-order valence-corrected chi connectivity index (χ1v) is 6.74. The van der Waals surface area contributed by atoms with Crippen LogP contribution in [0, 0.1) is 0 Å². The topological polar surface area (TPSA) is 72.1 Å². The van der Waals surface area contributed by atoms with Crippen molar-refractivity contribution < 1.29 is 23.8 Å². The zero-order valence-corrected chi connectivity index (χ0v) is 12.8. The standard InChI is InChI=1S/C16H19NO5/c1-17(10-11-6-5-9-22-11)15(16(18)19)14-12(20-2)7-4-8-13(14)21-3/h4-9,15H,10H2,1-3H3,(H,18,19)/t15-/m1/s1. The highest BCUT2D eigenvalue weighted by molar-refractivity contribution is 5.78. The molecule has 2 aromatic rings. The summed E-state index contributed by atoms with van der Waals surface area (Å²) in [4.78, 5) is 13.5. The third-order valence-corrected chi connectivity index (χ3v) is 3.40. The van der Waals surface area contributed by atoms with Crippen LogP contribution < -0.4 is 9.47 Å². The average molecular weight is 305 g/mol. The fourth-order valence-electron chi connectivity index (χ4n) is 2.42. The average Bonchev–Trinajstić information content (AvgIpc) is 3.00. The van der Waals surface area contributed by atoms with Gasteiger partial charge in [-0.05, 0) is 31.3 Å². The van der Waals surface area contributed by atoms with E-state index in [2.05, 4.69) is 0 Å². The van der Waals surface area contributed by atoms with Gasteiger partial charge in [0.05, 0.1) is 32.6 Å². The lowest BCUT2D eigenvalue weighted by molar-refractivity contribution is -0.143. The van der Waals surface area contributed by atoms with E-state index in [9.17, 15) is 9.90 Å². The highest BCUT2D eigenvalue weighted by Crippen LogP contribution is 2.37. The van der Waals surface area contributed by atoms with Gasteiger partial charge in [-0.2, -0.15) is 0 Å². The summed E-state index contributed by atoms with van der Waals surface area (Å²) in [5, 5.41) is 9.68. The molecule has 1 N–H and O–H groups in total. The minimum Gasteiger partial charge on any atom is -0.496 e. The van der Waals surface area contributed by atoms with Crippen LogP contribution in [0.2, 0.25) is 0 Å². The zero-order valence-electron chi connectivity index (χ0n) is 12.8. The van der Waals surface area contributed by atoms with Gasteiger partial charge in [-0.25, -0.2) is 0 Å². The third-order valence-electron chi connectivity index (χ3n) is 3.40. The predicted octanol–water partition coefficient (Wildman–Crippen LogP) is 2.55. The molecule has 0 saturated heterocycles. The molecule has 0 fully saturated rings. The maximum absolute atomic E-state index is 11.8. The Morgan fingerprint density at radius 1 is 1.23 bits per heavy atom. The zero-order chi connectivity index (χ0) is 16.1. The molecule has 0 saturated carbocycles. The Morgan fingerprint density at radius 2 is 1.86 bits per heavy atom. The van der Waals surface area contributed by atoms with Gasteiger partial charge >= 0.3 is 5.97 Å². The molecule has 6 nitrogen and oxygen atoms in total. The third kappa shape index (κ3) is 3.23. The molecule has 0 aliphatic heterocycles. The Bertz CT molecular complexity index is 601. The van der Waals surface area contributed by atoms with Crippen LogP contribution in [0.3, 0.4) is 0 Å². The van der Waals surface area contributed by atoms with Crippen molar-refractivity contribution in [2.45, 2.75) is 12.6 Å². The molecular formula is C16H19NO5. The predicted molar refractivity (Wildman–Crippen MR) is 80.1 cm³/mol. The number of aliphatic carboxylic acids is 1. The van der Waals surface area contributed by atoms with Gasteiger partial charge in [-0.3, -0.25) is 9.69 Å². The SMILES string of the molecule is COc1cccc(OC)c1[C@H](C(=O)O)N(C)Cc1ccco1. The second-order valence-electron chi connectivity index (χ2n) is 4.81. The van der Waals surface area contributed by atoms with Crippen LogP contribution in [-0.4, -0.2) is 37.2 Å². The first-order valence-electron chi connectivity index (χ1n) is 6.74. The van der Waals surface area contributed by atoms with Crippen molar-refractivity contribution in [2.75, 3.05) is 21.3 Å². The molecule has 0 aliphatic carbocycles. The Morgan fingerprint density at radius 3 is 2.32 bits per heavy atom. The largest absolute Gasteiger partial charge is 0.496 e. The number of hydrogen-bond donors (Lipinski definition) is 1. The van der Waals surface area contributed by atoms with Crippen molar-refractivity contribution in [3.8, 4) is 11.5 Å². The van der Waals surface area contributed by atoms with Gasteiger partial charge in [0, 0.05) is 0 Å². The maximum atomic E-state index is 11.8. The summed E-state index contributed by atoms with van der Waals surface area (Å²) in [5.74, 6) is 0.635. The first kappa shape index (κ1) is 15.9. The fraction of sp³-hybridized carbons (Fsp3) is 0.312. The number of furan rings is 1. The quantitative estimate of drug-likeness (QED) is 0.847. The molecule has 0 amide bonds. The van der Waals surface area contributed by atoms with Crippen LogP contribution in [0.1, 0.15) is 17.4 Å². The van der Waals surface area contributed by atoms with Gasteiger partial charge in [0.1, 0.15) is 23.3 Å². The van der Waals surface area contributed by atoms with Gasteiger partial charge in [0.25, 0.3) is 0 Å². The van der Waals surface area contributed by atoms with Crippen molar-refractivity contribution in [3.63, 3.8) is 0 Å². The molecule has 1 aromatic heterocycles. The monoisotopic (exact) mass is 305 g/mol. The summed E-state index contributed by atoms with van der Waals surface area (Å²) < 4.78 is 15.9. The highest BCUT2D eigenvalue weighted by Gasteiger charge is 2.31. The minimum absolute atomic E-state index is 0.352. The molecular weight excluding hydrogens is 286 g/mol. The summed E-state index contributed by atoms with van der Waals surface area (Å²) in [6, 6.07) is 7.84. The summed E-state index contributed by atoms with van der Waals surface area (Å²) in [6.45, 7) is 0.352. The Labute approximate surface area is 128 Å². The van der Waals surface area contributed by atoms with Gasteiger partial charge in [0.15, 0.2) is 0 Å². The second-order valence-corrected chi connectivity index (χ2v) is 4.81. The number of carboxylic acid groups (broad SMARTS) is 1. The lowest BCUT2D eigenvalue weighted by atomic mass is 10.0. The number of likely N-dealkylation sites (N-methyl/N-ethyl adjacent to an activating group) is 1. The molecule has 0 unspecified atom stereocenters. The van der Waals surface area contributed by atoms with Crippen molar-refractivity contribution in [1.29, 1.82) is 0 Å². The lowest BCUT2D eigenvalue weighted by Crippen LogP contribution is -2.31. The van der Waals surface area contributed by atoms with Crippen molar-refractivity contribution in [2.24, 2.45) is 0 Å². The van der Waals surface area contributed by atoms with Gasteiger partial charge < -0.3 is 19.0 Å². The van der Waals surface area contributed by atoms with Crippen LogP contribution in [0.5, 0.6) is 11.5 Å². The van der Waals surface area contributed by atoms with E-state index in [0.717, 1.165) is 0 Å². The summed E-state index contributed by atoms with van der Waals surface area (Å²) in [6.07, 6.45) is 1.56. The lowest BCUT2D eigenvalue weighted by Gasteiger charge is -2.26. The number of carboxylic acids is 1. The molecule has 118 valence electrons. The van der Waals surface area contributed by atoms with Crippen LogP contribution in [0.25, 0.3) is 0 Å². The van der Waals surface area contributed by atoms with Gasteiger partial charge in [0.2, 0.25) is 0 Å². The van der Waals surface area contributed by atoms with E-state index in [-0.39, 0.29) is 0 Å². The maximum Gasteiger partial charge on any atom is 0.325 e. The van der Waals surface area contributed by atoms with Crippen LogP contribution in [0.15, 0.2) is 41.0 Å². The molecule has 1 heterocycles. The molecule has 1 atom stereocenters. The summed E-state index contributed by atoms with van der Waals surface area (Å²) in [7, 11) is 4.72. The molecule has 22 heavy (non-hydrogen) atoms. The molecule has 6 heteroatoms. The number of nitrogens with zero attached hydrogens (tertiary/aromatic N) is 1. The Kier molecular flexibility index (Phi) is 5.06. The van der Waals surface area contributed by atoms with E-state index >= 15 is 0 Å². The fourth-order valence-corrected chi connectivity index (χ4v) is 2.42. The van der Waals surface area contributed by atoms with E-state index in [1.54, 1.807) is 48.5 Å². The van der Waals surface area contributed by atoms with Crippen molar-refractivity contribution >= 4 is 5.97 Å². The minimum atomic E-state index is -0.989. The van der Waals surface area contributed by atoms with Crippen LogP contribution in [0.4, 0.5) is 0 Å². The van der Waals surface area contributed by atoms with E-state index in [1.165, 1.54) is 14.2 Å².